The summed E-state index contributed by atoms with van der Waals surface area (Å²) in [5.74, 6) is -0.871. The number of hydrogen-bond donors (Lipinski definition) is 2. The Bertz CT molecular complexity index is 452. The number of carboxylic acids is 1. The molecule has 20 heavy (non-hydrogen) atoms. The third-order valence-electron chi connectivity index (χ3n) is 4.31. The van der Waals surface area contributed by atoms with Crippen LogP contribution in [0, 0.1) is 0 Å². The van der Waals surface area contributed by atoms with Gasteiger partial charge >= 0.3 is 5.97 Å². The average Bonchev–Trinajstić information content (AvgIpc) is 2.46. The van der Waals surface area contributed by atoms with Crippen molar-refractivity contribution < 1.29 is 9.90 Å². The molecule has 1 aromatic heterocycles. The van der Waals surface area contributed by atoms with E-state index in [1.165, 1.54) is 5.56 Å². The molecule has 0 bridgehead atoms. The van der Waals surface area contributed by atoms with Crippen LogP contribution in [-0.4, -0.2) is 46.1 Å². The van der Waals surface area contributed by atoms with Crippen LogP contribution in [-0.2, 0) is 11.2 Å². The maximum Gasteiger partial charge on any atom is 0.323 e. The highest BCUT2D eigenvalue weighted by Crippen LogP contribution is 2.29. The Morgan fingerprint density at radius 1 is 1.55 bits per heavy atom. The van der Waals surface area contributed by atoms with Crippen molar-refractivity contribution in [1.82, 2.24) is 9.88 Å². The van der Waals surface area contributed by atoms with E-state index in [1.807, 2.05) is 12.1 Å². The molecule has 1 heterocycles. The van der Waals surface area contributed by atoms with E-state index in [0.717, 1.165) is 25.8 Å². The van der Waals surface area contributed by atoms with Crippen LogP contribution in [0.3, 0.4) is 0 Å². The van der Waals surface area contributed by atoms with Crippen molar-refractivity contribution in [2.45, 2.75) is 43.7 Å². The second-order valence-electron chi connectivity index (χ2n) is 5.80. The third kappa shape index (κ3) is 3.55. The molecule has 2 atom stereocenters. The lowest BCUT2D eigenvalue weighted by molar-refractivity contribution is -0.145. The molecule has 1 saturated carbocycles. The van der Waals surface area contributed by atoms with Crippen molar-refractivity contribution in [2.75, 3.05) is 13.6 Å². The van der Waals surface area contributed by atoms with Gasteiger partial charge in [-0.2, -0.15) is 0 Å². The molecule has 1 aromatic rings. The van der Waals surface area contributed by atoms with Crippen molar-refractivity contribution >= 4 is 5.97 Å². The van der Waals surface area contributed by atoms with Crippen LogP contribution >= 0.6 is 0 Å². The summed E-state index contributed by atoms with van der Waals surface area (Å²) in [5, 5.41) is 9.25. The third-order valence-corrected chi connectivity index (χ3v) is 4.31. The summed E-state index contributed by atoms with van der Waals surface area (Å²) >= 11 is 0. The van der Waals surface area contributed by atoms with Crippen LogP contribution in [0.5, 0.6) is 0 Å². The molecule has 1 fully saturated rings. The predicted molar refractivity (Wildman–Crippen MR) is 77.4 cm³/mol. The van der Waals surface area contributed by atoms with Gasteiger partial charge in [-0.05, 0) is 56.8 Å². The molecule has 110 valence electrons. The number of carboxylic acid groups (broad SMARTS) is 1. The minimum Gasteiger partial charge on any atom is -0.480 e. The van der Waals surface area contributed by atoms with Crippen molar-refractivity contribution in [3.63, 3.8) is 0 Å². The van der Waals surface area contributed by atoms with E-state index in [4.69, 9.17) is 5.73 Å². The molecular formula is C15H23N3O2. The highest BCUT2D eigenvalue weighted by Gasteiger charge is 2.40. The number of likely N-dealkylation sites (N-methyl/N-ethyl adjacent to an activating group) is 1. The van der Waals surface area contributed by atoms with Crippen molar-refractivity contribution in [3.05, 3.63) is 30.1 Å². The van der Waals surface area contributed by atoms with E-state index < -0.39 is 11.5 Å². The number of carbonyl (C=O) groups is 1. The number of pyridine rings is 1. The zero-order chi connectivity index (χ0) is 14.6. The Morgan fingerprint density at radius 3 is 2.90 bits per heavy atom. The first-order chi connectivity index (χ1) is 9.51. The quantitative estimate of drug-likeness (QED) is 0.847. The SMILES string of the molecule is CN(CCc1ccncc1)C1CCCC(N)(C(=O)O)C1. The Hall–Kier alpha value is -1.46. The Morgan fingerprint density at radius 2 is 2.25 bits per heavy atom. The minimum absolute atomic E-state index is 0.256. The van der Waals surface area contributed by atoms with Crippen LogP contribution in [0.25, 0.3) is 0 Å². The summed E-state index contributed by atoms with van der Waals surface area (Å²) in [6.07, 6.45) is 7.56. The largest absolute Gasteiger partial charge is 0.480 e. The molecule has 0 amide bonds. The van der Waals surface area contributed by atoms with Crippen LogP contribution in [0.4, 0.5) is 0 Å². The molecular weight excluding hydrogens is 254 g/mol. The van der Waals surface area contributed by atoms with E-state index in [0.29, 0.717) is 12.8 Å². The lowest BCUT2D eigenvalue weighted by Crippen LogP contribution is -2.55. The number of rotatable bonds is 5. The number of nitrogens with two attached hydrogens (primary N) is 1. The summed E-state index contributed by atoms with van der Waals surface area (Å²) in [6.45, 7) is 0.907. The predicted octanol–water partition coefficient (Wildman–Crippen LogP) is 1.28. The van der Waals surface area contributed by atoms with E-state index in [9.17, 15) is 9.90 Å². The van der Waals surface area contributed by atoms with Gasteiger partial charge in [-0.15, -0.1) is 0 Å². The molecule has 0 aromatic carbocycles. The first kappa shape index (κ1) is 14.9. The highest BCUT2D eigenvalue weighted by atomic mass is 16.4. The molecule has 5 heteroatoms. The van der Waals surface area contributed by atoms with Gasteiger partial charge in [0.2, 0.25) is 0 Å². The number of hydrogen-bond acceptors (Lipinski definition) is 4. The van der Waals surface area contributed by atoms with Gasteiger partial charge in [0, 0.05) is 25.0 Å². The molecule has 0 saturated heterocycles. The monoisotopic (exact) mass is 277 g/mol. The van der Waals surface area contributed by atoms with Crippen LogP contribution in [0.2, 0.25) is 0 Å². The summed E-state index contributed by atoms with van der Waals surface area (Å²) in [5.41, 5.74) is 6.20. The van der Waals surface area contributed by atoms with Gasteiger partial charge in [-0.25, -0.2) is 0 Å². The fraction of sp³-hybridized carbons (Fsp3) is 0.600. The summed E-state index contributed by atoms with van der Waals surface area (Å²) in [7, 11) is 2.06. The molecule has 5 nitrogen and oxygen atoms in total. The van der Waals surface area contributed by atoms with Crippen molar-refractivity contribution in [3.8, 4) is 0 Å². The van der Waals surface area contributed by atoms with Crippen LogP contribution in [0.15, 0.2) is 24.5 Å². The van der Waals surface area contributed by atoms with E-state index in [-0.39, 0.29) is 6.04 Å². The smallest absolute Gasteiger partial charge is 0.323 e. The standard InChI is InChI=1S/C15H23N3O2/c1-18(10-6-12-4-8-17-9-5-12)13-3-2-7-15(16,11-13)14(19)20/h4-5,8-9,13H,2-3,6-7,10-11,16H2,1H3,(H,19,20). The molecule has 1 aliphatic rings. The molecule has 0 radical (unpaired) electrons. The van der Waals surface area contributed by atoms with Crippen LogP contribution in [0.1, 0.15) is 31.2 Å². The molecule has 2 unspecified atom stereocenters. The maximum absolute atomic E-state index is 11.3. The van der Waals surface area contributed by atoms with Gasteiger partial charge < -0.3 is 15.7 Å². The van der Waals surface area contributed by atoms with Gasteiger partial charge in [0.05, 0.1) is 0 Å². The summed E-state index contributed by atoms with van der Waals surface area (Å²) < 4.78 is 0. The lowest BCUT2D eigenvalue weighted by Gasteiger charge is -2.39. The van der Waals surface area contributed by atoms with E-state index in [2.05, 4.69) is 16.9 Å². The molecule has 3 N–H and O–H groups in total. The second-order valence-corrected chi connectivity index (χ2v) is 5.80. The van der Waals surface area contributed by atoms with Gasteiger partial charge in [0.25, 0.3) is 0 Å². The Balaban J connectivity index is 1.89. The minimum atomic E-state index is -1.05. The van der Waals surface area contributed by atoms with Crippen LogP contribution < -0.4 is 5.73 Å². The van der Waals surface area contributed by atoms with Gasteiger partial charge in [0.1, 0.15) is 5.54 Å². The fourth-order valence-corrected chi connectivity index (χ4v) is 2.89. The lowest BCUT2D eigenvalue weighted by atomic mass is 9.79. The first-order valence-electron chi connectivity index (χ1n) is 7.13. The topological polar surface area (TPSA) is 79.5 Å². The van der Waals surface area contributed by atoms with E-state index in [1.54, 1.807) is 12.4 Å². The number of aliphatic carboxylic acids is 1. The van der Waals surface area contributed by atoms with Gasteiger partial charge in [0.15, 0.2) is 0 Å². The fourth-order valence-electron chi connectivity index (χ4n) is 2.89. The maximum atomic E-state index is 11.3. The summed E-state index contributed by atoms with van der Waals surface area (Å²) in [4.78, 5) is 17.5. The summed E-state index contributed by atoms with van der Waals surface area (Å²) in [6, 6.07) is 4.28. The van der Waals surface area contributed by atoms with E-state index >= 15 is 0 Å². The van der Waals surface area contributed by atoms with Crippen molar-refractivity contribution in [1.29, 1.82) is 0 Å². The van der Waals surface area contributed by atoms with Crippen molar-refractivity contribution in [2.24, 2.45) is 5.73 Å². The normalized spacial score (nSPS) is 26.6. The molecule has 1 aliphatic carbocycles. The highest BCUT2D eigenvalue weighted by molar-refractivity contribution is 5.78. The molecule has 0 spiro atoms. The zero-order valence-corrected chi connectivity index (χ0v) is 12.0. The Labute approximate surface area is 119 Å². The van der Waals surface area contributed by atoms with Gasteiger partial charge in [-0.3, -0.25) is 9.78 Å². The number of nitrogens with zero attached hydrogens (tertiary/aromatic N) is 2. The second kappa shape index (κ2) is 6.33. The average molecular weight is 277 g/mol. The molecule has 0 aliphatic heterocycles. The zero-order valence-electron chi connectivity index (χ0n) is 12.0. The first-order valence-corrected chi connectivity index (χ1v) is 7.13. The van der Waals surface area contributed by atoms with Gasteiger partial charge in [-0.1, -0.05) is 0 Å². The Kier molecular flexibility index (Phi) is 4.73. The number of aromatic nitrogens is 1. The molecule has 2 rings (SSSR count).